The second-order valence-corrected chi connectivity index (χ2v) is 9.24. The van der Waals surface area contributed by atoms with Crippen LogP contribution in [-0.4, -0.2) is 20.9 Å². The number of rotatable bonds is 8. The van der Waals surface area contributed by atoms with Crippen molar-refractivity contribution < 1.29 is 17.6 Å². The zero-order valence-corrected chi connectivity index (χ0v) is 17.5. The molecule has 2 aromatic rings. The highest BCUT2D eigenvalue weighted by molar-refractivity contribution is 9.10. The van der Waals surface area contributed by atoms with Crippen LogP contribution in [-0.2, 0) is 21.2 Å². The van der Waals surface area contributed by atoms with E-state index in [0.717, 1.165) is 5.56 Å². The highest BCUT2D eigenvalue weighted by Gasteiger charge is 2.14. The van der Waals surface area contributed by atoms with E-state index in [1.54, 1.807) is 18.2 Å². The molecule has 1 amide bonds. The predicted octanol–water partition coefficient (Wildman–Crippen LogP) is 4.09. The Bertz CT molecular complexity index is 900. The lowest BCUT2D eigenvalue weighted by Gasteiger charge is -2.10. The molecule has 5 nitrogen and oxygen atoms in total. The van der Waals surface area contributed by atoms with E-state index in [0.29, 0.717) is 17.4 Å². The van der Waals surface area contributed by atoms with Gasteiger partial charge in [-0.2, -0.15) is 0 Å². The van der Waals surface area contributed by atoms with E-state index in [9.17, 15) is 17.6 Å². The molecule has 2 rings (SSSR count). The van der Waals surface area contributed by atoms with Crippen molar-refractivity contribution in [3.8, 4) is 0 Å². The fourth-order valence-corrected chi connectivity index (χ4v) is 3.80. The zero-order chi connectivity index (χ0) is 20.0. The molecule has 0 aliphatic carbocycles. The first kappa shape index (κ1) is 21.5. The minimum Gasteiger partial charge on any atom is -0.324 e. The summed E-state index contributed by atoms with van der Waals surface area (Å²) in [6, 6.07) is 10.8. The highest BCUT2D eigenvalue weighted by atomic mass is 79.9. The van der Waals surface area contributed by atoms with Gasteiger partial charge in [0.25, 0.3) is 0 Å². The number of benzene rings is 2. The summed E-state index contributed by atoms with van der Waals surface area (Å²) in [6.07, 6.45) is 0.580. The Morgan fingerprint density at radius 2 is 1.81 bits per heavy atom. The van der Waals surface area contributed by atoms with Gasteiger partial charge in [0.15, 0.2) is 0 Å². The Morgan fingerprint density at radius 1 is 1.15 bits per heavy atom. The van der Waals surface area contributed by atoms with Crippen LogP contribution in [0.3, 0.4) is 0 Å². The normalized spacial score (nSPS) is 11.6. The van der Waals surface area contributed by atoms with Gasteiger partial charge in [0, 0.05) is 17.4 Å². The molecule has 2 aromatic carbocycles. The van der Waals surface area contributed by atoms with Gasteiger partial charge in [-0.05, 0) is 48.2 Å². The van der Waals surface area contributed by atoms with Crippen LogP contribution in [0.1, 0.15) is 25.8 Å². The Hall–Kier alpha value is -1.77. The molecule has 0 bridgehead atoms. The molecule has 0 aliphatic heterocycles. The molecule has 0 saturated heterocycles. The van der Waals surface area contributed by atoms with Crippen molar-refractivity contribution in [1.82, 2.24) is 4.72 Å². The summed E-state index contributed by atoms with van der Waals surface area (Å²) in [6.45, 7) is 4.23. The van der Waals surface area contributed by atoms with Crippen LogP contribution in [0.5, 0.6) is 0 Å². The van der Waals surface area contributed by atoms with Crippen LogP contribution in [0.2, 0.25) is 0 Å². The van der Waals surface area contributed by atoms with Gasteiger partial charge >= 0.3 is 0 Å². The van der Waals surface area contributed by atoms with Crippen molar-refractivity contribution in [1.29, 1.82) is 0 Å². The minimum atomic E-state index is -3.53. The summed E-state index contributed by atoms with van der Waals surface area (Å²) in [5.41, 5.74) is 0.949. The Morgan fingerprint density at radius 3 is 2.41 bits per heavy atom. The van der Waals surface area contributed by atoms with E-state index in [-0.39, 0.29) is 28.8 Å². The van der Waals surface area contributed by atoms with E-state index in [4.69, 9.17) is 0 Å². The molecule has 2 N–H and O–H groups in total. The van der Waals surface area contributed by atoms with Gasteiger partial charge in [0.05, 0.1) is 10.6 Å². The van der Waals surface area contributed by atoms with Crippen LogP contribution in [0, 0.1) is 11.7 Å². The van der Waals surface area contributed by atoms with Gasteiger partial charge in [-0.15, -0.1) is 0 Å². The third kappa shape index (κ3) is 6.71. The predicted molar refractivity (Wildman–Crippen MR) is 108 cm³/mol. The maximum atomic E-state index is 13.7. The molecule has 0 saturated carbocycles. The number of anilines is 1. The van der Waals surface area contributed by atoms with Gasteiger partial charge in [-0.1, -0.05) is 41.9 Å². The van der Waals surface area contributed by atoms with Crippen molar-refractivity contribution in [2.45, 2.75) is 31.6 Å². The smallest absolute Gasteiger partial charge is 0.240 e. The average Bonchev–Trinajstić information content (AvgIpc) is 2.61. The minimum absolute atomic E-state index is 0.126. The second kappa shape index (κ2) is 9.43. The lowest BCUT2D eigenvalue weighted by Crippen LogP contribution is -2.27. The molecule has 8 heteroatoms. The molecule has 0 unspecified atom stereocenters. The SMILES string of the molecule is CC(C)CNS(=O)(=O)c1ccc(CCC(=O)Nc2ccc(Br)cc2F)cc1. The number of hydrogen-bond donors (Lipinski definition) is 2. The molecule has 0 aliphatic rings. The van der Waals surface area contributed by atoms with Crippen LogP contribution in [0.4, 0.5) is 10.1 Å². The molecule has 0 atom stereocenters. The lowest BCUT2D eigenvalue weighted by molar-refractivity contribution is -0.116. The first-order chi connectivity index (χ1) is 12.7. The molecule has 0 fully saturated rings. The van der Waals surface area contributed by atoms with E-state index in [1.165, 1.54) is 24.3 Å². The van der Waals surface area contributed by atoms with Gasteiger partial charge in [0.2, 0.25) is 15.9 Å². The van der Waals surface area contributed by atoms with Crippen molar-refractivity contribution in [2.75, 3.05) is 11.9 Å². The summed E-state index contributed by atoms with van der Waals surface area (Å²) in [7, 11) is -3.53. The van der Waals surface area contributed by atoms with E-state index in [1.807, 2.05) is 13.8 Å². The molecule has 27 heavy (non-hydrogen) atoms. The Labute approximate surface area is 167 Å². The number of carbonyl (C=O) groups excluding carboxylic acids is 1. The summed E-state index contributed by atoms with van der Waals surface area (Å²) in [5.74, 6) is -0.610. The van der Waals surface area contributed by atoms with Crippen molar-refractivity contribution >= 4 is 37.5 Å². The van der Waals surface area contributed by atoms with Gasteiger partial charge in [-0.25, -0.2) is 17.5 Å². The fourth-order valence-electron chi connectivity index (χ4n) is 2.26. The quantitative estimate of drug-likeness (QED) is 0.627. The van der Waals surface area contributed by atoms with E-state index < -0.39 is 15.8 Å². The molecular formula is C19H22BrFN2O3S. The molecule has 146 valence electrons. The molecule has 0 radical (unpaired) electrons. The third-order valence-corrected chi connectivity index (χ3v) is 5.69. The summed E-state index contributed by atoms with van der Waals surface area (Å²) < 4.78 is 41.2. The van der Waals surface area contributed by atoms with Crippen LogP contribution >= 0.6 is 15.9 Å². The van der Waals surface area contributed by atoms with Gasteiger partial charge in [0.1, 0.15) is 5.82 Å². The number of aryl methyl sites for hydroxylation is 1. The summed E-state index contributed by atoms with van der Waals surface area (Å²) >= 11 is 3.16. The average molecular weight is 457 g/mol. The van der Waals surface area contributed by atoms with Crippen molar-refractivity contribution in [2.24, 2.45) is 5.92 Å². The summed E-state index contributed by atoms with van der Waals surface area (Å²) in [5, 5.41) is 2.53. The fraction of sp³-hybridized carbons (Fsp3) is 0.316. The Balaban J connectivity index is 1.91. The number of nitrogens with one attached hydrogen (secondary N) is 2. The van der Waals surface area contributed by atoms with Gasteiger partial charge in [-0.3, -0.25) is 4.79 Å². The maximum Gasteiger partial charge on any atom is 0.240 e. The van der Waals surface area contributed by atoms with E-state index >= 15 is 0 Å². The first-order valence-corrected chi connectivity index (χ1v) is 10.8. The standard InChI is InChI=1S/C19H22BrFN2O3S/c1-13(2)12-22-27(25,26)16-7-3-14(4-8-16)5-10-19(24)23-18-9-6-15(20)11-17(18)21/h3-4,6-9,11,13,22H,5,10,12H2,1-2H3,(H,23,24). The van der Waals surface area contributed by atoms with E-state index in [2.05, 4.69) is 26.0 Å². The lowest BCUT2D eigenvalue weighted by atomic mass is 10.1. The third-order valence-electron chi connectivity index (χ3n) is 3.76. The Kier molecular flexibility index (Phi) is 7.52. The monoisotopic (exact) mass is 456 g/mol. The number of amides is 1. The van der Waals surface area contributed by atoms with Gasteiger partial charge < -0.3 is 5.32 Å². The molecule has 0 aromatic heterocycles. The number of halogens is 2. The molecule has 0 heterocycles. The second-order valence-electron chi connectivity index (χ2n) is 6.56. The number of carbonyl (C=O) groups is 1. The molecule has 0 spiro atoms. The number of sulfonamides is 1. The highest BCUT2D eigenvalue weighted by Crippen LogP contribution is 2.20. The summed E-state index contributed by atoms with van der Waals surface area (Å²) in [4.78, 5) is 12.2. The van der Waals surface area contributed by atoms with Crippen molar-refractivity contribution in [3.63, 3.8) is 0 Å². The largest absolute Gasteiger partial charge is 0.324 e. The maximum absolute atomic E-state index is 13.7. The zero-order valence-electron chi connectivity index (χ0n) is 15.1. The first-order valence-electron chi connectivity index (χ1n) is 8.51. The molecular weight excluding hydrogens is 435 g/mol. The van der Waals surface area contributed by atoms with Crippen LogP contribution < -0.4 is 10.0 Å². The van der Waals surface area contributed by atoms with Crippen LogP contribution in [0.25, 0.3) is 0 Å². The number of hydrogen-bond acceptors (Lipinski definition) is 3. The van der Waals surface area contributed by atoms with Crippen molar-refractivity contribution in [3.05, 3.63) is 58.3 Å². The van der Waals surface area contributed by atoms with Crippen LogP contribution in [0.15, 0.2) is 51.8 Å². The topological polar surface area (TPSA) is 75.3 Å².